The molecule has 0 unspecified atom stereocenters. The van der Waals surface area contributed by atoms with E-state index in [1.807, 2.05) is 30.3 Å². The Morgan fingerprint density at radius 1 is 0.824 bits per heavy atom. The van der Waals surface area contributed by atoms with Gasteiger partial charge >= 0.3 is 0 Å². The second-order valence-corrected chi connectivity index (χ2v) is 4.64. The van der Waals surface area contributed by atoms with Crippen molar-refractivity contribution in [3.05, 3.63) is 59.5 Å². The molecule has 0 aromatic heterocycles. The maximum atomic E-state index is 10.3. The molecule has 2 aromatic carbocycles. The number of para-hydroxylation sites is 1. The Balaban J connectivity index is 2.40. The molecule has 0 radical (unpaired) electrons. The summed E-state index contributed by atoms with van der Waals surface area (Å²) in [6, 6.07) is 15.7. The summed E-state index contributed by atoms with van der Waals surface area (Å²) in [6.45, 7) is 0. The zero-order valence-electron chi connectivity index (χ0n) is 8.75. The standard InChI is InChI=1S/C12H9Cl2N2O/c13-16(14,11-4-2-1-3-5-11)12-8-6-10(15-17)7-9-12/h1-9H/q+1. The van der Waals surface area contributed by atoms with Crippen molar-refractivity contribution in [1.29, 1.82) is 0 Å². The summed E-state index contributed by atoms with van der Waals surface area (Å²) < 4.78 is -0.417. The Bertz CT molecular complexity index is 512. The molecule has 0 heterocycles. The van der Waals surface area contributed by atoms with E-state index in [0.29, 0.717) is 11.4 Å². The highest BCUT2D eigenvalue weighted by molar-refractivity contribution is 6.46. The normalized spacial score (nSPS) is 11.2. The van der Waals surface area contributed by atoms with Crippen LogP contribution in [0.5, 0.6) is 0 Å². The van der Waals surface area contributed by atoms with Crippen LogP contribution in [0.15, 0.2) is 59.8 Å². The Labute approximate surface area is 109 Å². The van der Waals surface area contributed by atoms with Crippen LogP contribution in [-0.2, 0) is 0 Å². The lowest BCUT2D eigenvalue weighted by molar-refractivity contribution is 0.928. The second kappa shape index (κ2) is 4.84. The van der Waals surface area contributed by atoms with Crippen LogP contribution in [0.2, 0.25) is 0 Å². The first-order chi connectivity index (χ1) is 8.14. The van der Waals surface area contributed by atoms with E-state index in [-0.39, 0.29) is 0 Å². The molecule has 0 amide bonds. The number of hydrogen-bond acceptors (Lipinski definition) is 2. The molecule has 2 aromatic rings. The van der Waals surface area contributed by atoms with Crippen LogP contribution in [-0.4, -0.2) is 0 Å². The SMILES string of the molecule is O=Nc1ccc([N+](Cl)(Cl)c2ccccc2)cc1. The van der Waals surface area contributed by atoms with Crippen molar-refractivity contribution >= 4 is 40.6 Å². The van der Waals surface area contributed by atoms with Crippen LogP contribution in [0.1, 0.15) is 0 Å². The van der Waals surface area contributed by atoms with Crippen LogP contribution in [0.3, 0.4) is 0 Å². The molecule has 86 valence electrons. The average molecular weight is 268 g/mol. The maximum Gasteiger partial charge on any atom is 0.199 e. The second-order valence-electron chi connectivity index (χ2n) is 3.46. The van der Waals surface area contributed by atoms with Crippen molar-refractivity contribution in [2.45, 2.75) is 0 Å². The highest BCUT2D eigenvalue weighted by Gasteiger charge is 2.31. The zero-order chi connectivity index (χ0) is 12.3. The summed E-state index contributed by atoms with van der Waals surface area (Å²) in [7, 11) is 0. The van der Waals surface area contributed by atoms with Gasteiger partial charge in [0, 0.05) is 24.3 Å². The van der Waals surface area contributed by atoms with Crippen molar-refractivity contribution in [3.63, 3.8) is 0 Å². The van der Waals surface area contributed by atoms with E-state index in [9.17, 15) is 4.91 Å². The molecular formula is C12H9Cl2N2O+. The number of hydrogen-bond donors (Lipinski definition) is 0. The molecule has 0 atom stereocenters. The van der Waals surface area contributed by atoms with Crippen LogP contribution >= 0.6 is 23.6 Å². The van der Waals surface area contributed by atoms with E-state index in [1.54, 1.807) is 24.3 Å². The lowest BCUT2D eigenvalue weighted by Crippen LogP contribution is -2.19. The summed E-state index contributed by atoms with van der Waals surface area (Å²) >= 11 is 12.6. The van der Waals surface area contributed by atoms with Gasteiger partial charge < -0.3 is 0 Å². The van der Waals surface area contributed by atoms with Crippen molar-refractivity contribution in [2.24, 2.45) is 5.18 Å². The van der Waals surface area contributed by atoms with E-state index in [0.717, 1.165) is 5.69 Å². The maximum absolute atomic E-state index is 10.3. The van der Waals surface area contributed by atoms with E-state index in [4.69, 9.17) is 23.6 Å². The molecule has 0 aliphatic carbocycles. The monoisotopic (exact) mass is 267 g/mol. The van der Waals surface area contributed by atoms with Crippen molar-refractivity contribution in [3.8, 4) is 0 Å². The third kappa shape index (κ3) is 2.47. The largest absolute Gasteiger partial charge is 0.199 e. The molecule has 0 bridgehead atoms. The predicted octanol–water partition coefficient (Wildman–Crippen LogP) is 5.03. The van der Waals surface area contributed by atoms with E-state index >= 15 is 0 Å². The van der Waals surface area contributed by atoms with E-state index < -0.39 is 3.52 Å². The van der Waals surface area contributed by atoms with Crippen LogP contribution in [0.4, 0.5) is 17.1 Å². The lowest BCUT2D eigenvalue weighted by atomic mass is 10.2. The number of halogens is 2. The Morgan fingerprint density at radius 2 is 1.35 bits per heavy atom. The molecular weight excluding hydrogens is 259 g/mol. The van der Waals surface area contributed by atoms with E-state index in [2.05, 4.69) is 5.18 Å². The van der Waals surface area contributed by atoms with Gasteiger partial charge in [0.1, 0.15) is 5.69 Å². The molecule has 0 fully saturated rings. The van der Waals surface area contributed by atoms with Gasteiger partial charge in [0.05, 0.1) is 0 Å². The van der Waals surface area contributed by atoms with E-state index in [1.165, 1.54) is 0 Å². The lowest BCUT2D eigenvalue weighted by Gasteiger charge is -2.17. The van der Waals surface area contributed by atoms with Gasteiger partial charge in [0.25, 0.3) is 0 Å². The van der Waals surface area contributed by atoms with Gasteiger partial charge in [-0.25, -0.2) is 0 Å². The number of rotatable bonds is 3. The molecule has 17 heavy (non-hydrogen) atoms. The molecule has 0 aliphatic heterocycles. The molecule has 0 saturated carbocycles. The number of nitroso groups, excluding NO2 is 1. The highest BCUT2D eigenvalue weighted by Crippen LogP contribution is 2.40. The Kier molecular flexibility index (Phi) is 3.43. The zero-order valence-corrected chi connectivity index (χ0v) is 10.3. The predicted molar refractivity (Wildman–Crippen MR) is 71.5 cm³/mol. The molecule has 5 heteroatoms. The first-order valence-electron chi connectivity index (χ1n) is 4.92. The first kappa shape index (κ1) is 12.0. The third-order valence-corrected chi connectivity index (χ3v) is 3.14. The van der Waals surface area contributed by atoms with Gasteiger partial charge in [-0.2, -0.15) is 0 Å². The molecule has 2 rings (SSSR count). The third-order valence-electron chi connectivity index (χ3n) is 2.36. The molecule has 0 aliphatic rings. The van der Waals surface area contributed by atoms with Crippen LogP contribution < -0.4 is 3.52 Å². The quantitative estimate of drug-likeness (QED) is 0.567. The summed E-state index contributed by atoms with van der Waals surface area (Å²) in [5.74, 6) is 0. The molecule has 0 spiro atoms. The van der Waals surface area contributed by atoms with Crippen LogP contribution in [0, 0.1) is 4.91 Å². The van der Waals surface area contributed by atoms with Gasteiger partial charge in [-0.05, 0) is 17.3 Å². The van der Waals surface area contributed by atoms with Gasteiger partial charge in [-0.1, -0.05) is 21.7 Å². The number of benzene rings is 2. The van der Waals surface area contributed by atoms with Gasteiger partial charge in [-0.15, -0.1) is 4.91 Å². The Morgan fingerprint density at radius 3 is 1.88 bits per heavy atom. The topological polar surface area (TPSA) is 29.4 Å². The number of nitrogens with zero attached hydrogens (tertiary/aromatic N) is 2. The summed E-state index contributed by atoms with van der Waals surface area (Å²) in [6.07, 6.45) is 0. The van der Waals surface area contributed by atoms with Gasteiger partial charge in [0.15, 0.2) is 34.9 Å². The van der Waals surface area contributed by atoms with Gasteiger partial charge in [0.2, 0.25) is 0 Å². The fourth-order valence-corrected chi connectivity index (χ4v) is 1.92. The Hall–Kier alpha value is -1.42. The summed E-state index contributed by atoms with van der Waals surface area (Å²) in [4.78, 5) is 10.3. The van der Waals surface area contributed by atoms with Crippen LogP contribution in [0.25, 0.3) is 0 Å². The minimum absolute atomic E-state index is 0.343. The smallest absolute Gasteiger partial charge is 0.145 e. The fourth-order valence-electron chi connectivity index (χ4n) is 1.47. The molecule has 0 N–H and O–H groups in total. The minimum Gasteiger partial charge on any atom is -0.145 e. The molecule has 0 saturated heterocycles. The highest BCUT2D eigenvalue weighted by atomic mass is 35.5. The van der Waals surface area contributed by atoms with Gasteiger partial charge in [-0.3, -0.25) is 0 Å². The van der Waals surface area contributed by atoms with Crippen molar-refractivity contribution in [2.75, 3.05) is 0 Å². The summed E-state index contributed by atoms with van der Waals surface area (Å²) in [5, 5.41) is 2.82. The van der Waals surface area contributed by atoms with Crippen molar-refractivity contribution in [1.82, 2.24) is 3.52 Å². The fraction of sp³-hybridized carbons (Fsp3) is 0. The summed E-state index contributed by atoms with van der Waals surface area (Å²) in [5.41, 5.74) is 1.71. The van der Waals surface area contributed by atoms with Crippen molar-refractivity contribution < 1.29 is 0 Å². The minimum atomic E-state index is -0.417. The molecule has 3 nitrogen and oxygen atoms in total. The first-order valence-corrected chi connectivity index (χ1v) is 5.60. The average Bonchev–Trinajstić information content (AvgIpc) is 2.40. The number of quaternary nitrogens is 1.